The van der Waals surface area contributed by atoms with E-state index >= 15 is 0 Å². The minimum Gasteiger partial charge on any atom is -0.497 e. The van der Waals surface area contributed by atoms with Crippen LogP contribution >= 0.6 is 11.8 Å². The van der Waals surface area contributed by atoms with Gasteiger partial charge in [0, 0.05) is 29.3 Å². The predicted octanol–water partition coefficient (Wildman–Crippen LogP) is 3.64. The fraction of sp³-hybridized carbons (Fsp3) is 0.294. The maximum Gasteiger partial charge on any atom is 0.154 e. The molecule has 0 spiro atoms. The van der Waals surface area contributed by atoms with E-state index in [0.29, 0.717) is 22.3 Å². The van der Waals surface area contributed by atoms with Crippen LogP contribution in [0.5, 0.6) is 5.75 Å². The van der Waals surface area contributed by atoms with E-state index in [1.54, 1.807) is 37.6 Å². The molecule has 2 aromatic rings. The number of thioether (sulfide) groups is 1. The van der Waals surface area contributed by atoms with Crippen LogP contribution in [0.25, 0.3) is 0 Å². The van der Waals surface area contributed by atoms with Crippen molar-refractivity contribution in [1.29, 1.82) is 0 Å². The van der Waals surface area contributed by atoms with E-state index in [4.69, 9.17) is 10.5 Å². The smallest absolute Gasteiger partial charge is 0.154 e. The Morgan fingerprint density at radius 3 is 2.92 bits per heavy atom. The maximum absolute atomic E-state index is 14.4. The SMILES string of the molecule is COc1ccnc(Nc2ccc(F)c([C@]3(C)CCSC(N)=N3)c2)c1. The number of amidine groups is 1. The van der Waals surface area contributed by atoms with Gasteiger partial charge in [-0.2, -0.15) is 0 Å². The highest BCUT2D eigenvalue weighted by Crippen LogP contribution is 2.37. The number of ether oxygens (including phenoxy) is 1. The maximum atomic E-state index is 14.4. The number of hydrogen-bond acceptors (Lipinski definition) is 6. The van der Waals surface area contributed by atoms with E-state index in [9.17, 15) is 4.39 Å². The molecule has 0 aliphatic carbocycles. The molecular formula is C17H19FN4OS. The summed E-state index contributed by atoms with van der Waals surface area (Å²) in [6, 6.07) is 8.42. The van der Waals surface area contributed by atoms with Crippen LogP contribution in [0, 0.1) is 5.82 Å². The molecular weight excluding hydrogens is 327 g/mol. The lowest BCUT2D eigenvalue weighted by atomic mass is 9.89. The Kier molecular flexibility index (Phi) is 4.62. The summed E-state index contributed by atoms with van der Waals surface area (Å²) in [5.41, 5.74) is 6.45. The number of halogens is 1. The highest BCUT2D eigenvalue weighted by molar-refractivity contribution is 8.13. The lowest BCUT2D eigenvalue weighted by Gasteiger charge is -2.30. The van der Waals surface area contributed by atoms with Crippen molar-refractivity contribution in [3.05, 3.63) is 47.9 Å². The van der Waals surface area contributed by atoms with Crippen LogP contribution in [0.1, 0.15) is 18.9 Å². The number of benzene rings is 1. The van der Waals surface area contributed by atoms with E-state index < -0.39 is 5.54 Å². The fourth-order valence-electron chi connectivity index (χ4n) is 2.65. The summed E-state index contributed by atoms with van der Waals surface area (Å²) in [6.07, 6.45) is 2.38. The number of pyridine rings is 1. The van der Waals surface area contributed by atoms with Crippen LogP contribution in [0.3, 0.4) is 0 Å². The number of hydrogen-bond donors (Lipinski definition) is 2. The average molecular weight is 346 g/mol. The van der Waals surface area contributed by atoms with Crippen molar-refractivity contribution >= 4 is 28.4 Å². The van der Waals surface area contributed by atoms with Gasteiger partial charge in [0.05, 0.1) is 12.6 Å². The van der Waals surface area contributed by atoms with Gasteiger partial charge in [0.15, 0.2) is 5.17 Å². The van der Waals surface area contributed by atoms with E-state index in [-0.39, 0.29) is 5.82 Å². The normalized spacial score (nSPS) is 20.4. The van der Waals surface area contributed by atoms with Crippen LogP contribution in [-0.4, -0.2) is 23.0 Å². The first-order valence-corrected chi connectivity index (χ1v) is 8.54. The first-order chi connectivity index (χ1) is 11.5. The second-order valence-corrected chi connectivity index (χ2v) is 6.84. The second-order valence-electron chi connectivity index (χ2n) is 5.72. The molecule has 1 aromatic carbocycles. The van der Waals surface area contributed by atoms with Crippen molar-refractivity contribution in [1.82, 2.24) is 4.98 Å². The summed E-state index contributed by atoms with van der Waals surface area (Å²) < 4.78 is 19.6. The second kappa shape index (κ2) is 6.68. The number of nitrogens with zero attached hydrogens (tertiary/aromatic N) is 2. The number of anilines is 2. The molecule has 0 bridgehead atoms. The van der Waals surface area contributed by atoms with Crippen LogP contribution in [0.2, 0.25) is 0 Å². The third kappa shape index (κ3) is 3.46. The zero-order valence-corrected chi connectivity index (χ0v) is 14.4. The highest BCUT2D eigenvalue weighted by atomic mass is 32.2. The van der Waals surface area contributed by atoms with Crippen molar-refractivity contribution in [2.45, 2.75) is 18.9 Å². The molecule has 126 valence electrons. The minimum atomic E-state index is -0.654. The lowest BCUT2D eigenvalue weighted by Crippen LogP contribution is -2.29. The van der Waals surface area contributed by atoms with Gasteiger partial charge in [0.1, 0.15) is 17.4 Å². The third-order valence-corrected chi connectivity index (χ3v) is 4.78. The molecule has 0 fully saturated rings. The lowest BCUT2D eigenvalue weighted by molar-refractivity contribution is 0.414. The first-order valence-electron chi connectivity index (χ1n) is 7.55. The minimum absolute atomic E-state index is 0.287. The molecule has 2 heterocycles. The largest absolute Gasteiger partial charge is 0.497 e. The summed E-state index contributed by atoms with van der Waals surface area (Å²) >= 11 is 1.50. The molecule has 7 heteroatoms. The van der Waals surface area contributed by atoms with Crippen molar-refractivity contribution in [3.63, 3.8) is 0 Å². The van der Waals surface area contributed by atoms with Crippen LogP contribution in [0.4, 0.5) is 15.9 Å². The molecule has 0 saturated carbocycles. The average Bonchev–Trinajstić information content (AvgIpc) is 2.56. The van der Waals surface area contributed by atoms with E-state index in [1.165, 1.54) is 17.8 Å². The molecule has 3 rings (SSSR count). The van der Waals surface area contributed by atoms with E-state index in [0.717, 1.165) is 17.9 Å². The number of nitrogens with one attached hydrogen (secondary N) is 1. The standard InChI is InChI=1S/C17H19FN4OS/c1-17(6-8-24-16(19)22-17)13-9-11(3-4-14(13)18)21-15-10-12(23-2)5-7-20-15/h3-5,7,9-10H,6,8H2,1-2H3,(H2,19,22)(H,20,21)/t17-/m0/s1. The van der Waals surface area contributed by atoms with E-state index in [2.05, 4.69) is 15.3 Å². The molecule has 0 radical (unpaired) electrons. The fourth-order valence-corrected chi connectivity index (χ4v) is 3.63. The van der Waals surface area contributed by atoms with Gasteiger partial charge in [-0.1, -0.05) is 11.8 Å². The summed E-state index contributed by atoms with van der Waals surface area (Å²) in [6.45, 7) is 1.91. The zero-order valence-electron chi connectivity index (χ0n) is 13.5. The van der Waals surface area contributed by atoms with Gasteiger partial charge in [-0.3, -0.25) is 4.99 Å². The van der Waals surface area contributed by atoms with Gasteiger partial charge in [0.25, 0.3) is 0 Å². The van der Waals surface area contributed by atoms with Gasteiger partial charge >= 0.3 is 0 Å². The Hall–Kier alpha value is -2.28. The number of aliphatic imine (C=N–C) groups is 1. The summed E-state index contributed by atoms with van der Waals surface area (Å²) in [7, 11) is 1.60. The van der Waals surface area contributed by atoms with Gasteiger partial charge in [-0.05, 0) is 37.6 Å². The topological polar surface area (TPSA) is 72.5 Å². The summed E-state index contributed by atoms with van der Waals surface area (Å²) in [5, 5.41) is 3.67. The van der Waals surface area contributed by atoms with Crippen molar-refractivity contribution in [2.75, 3.05) is 18.2 Å². The first kappa shape index (κ1) is 16.6. The molecule has 0 amide bonds. The Labute approximate surface area is 144 Å². The molecule has 0 saturated heterocycles. The monoisotopic (exact) mass is 346 g/mol. The van der Waals surface area contributed by atoms with Crippen molar-refractivity contribution in [3.8, 4) is 5.75 Å². The molecule has 1 aliphatic rings. The van der Waals surface area contributed by atoms with Crippen LogP contribution < -0.4 is 15.8 Å². The third-order valence-electron chi connectivity index (χ3n) is 3.98. The molecule has 1 aromatic heterocycles. The molecule has 5 nitrogen and oxygen atoms in total. The van der Waals surface area contributed by atoms with Gasteiger partial charge in [-0.15, -0.1) is 0 Å². The Morgan fingerprint density at radius 1 is 1.33 bits per heavy atom. The summed E-state index contributed by atoms with van der Waals surface area (Å²) in [5.74, 6) is 1.85. The molecule has 24 heavy (non-hydrogen) atoms. The van der Waals surface area contributed by atoms with Crippen LogP contribution in [-0.2, 0) is 5.54 Å². The Morgan fingerprint density at radius 2 is 2.17 bits per heavy atom. The quantitative estimate of drug-likeness (QED) is 0.884. The molecule has 1 atom stereocenters. The molecule has 3 N–H and O–H groups in total. The number of methoxy groups -OCH3 is 1. The molecule has 1 aliphatic heterocycles. The summed E-state index contributed by atoms with van der Waals surface area (Å²) in [4.78, 5) is 8.72. The van der Waals surface area contributed by atoms with Gasteiger partial charge in [0.2, 0.25) is 0 Å². The number of aromatic nitrogens is 1. The molecule has 0 unspecified atom stereocenters. The highest BCUT2D eigenvalue weighted by Gasteiger charge is 2.32. The van der Waals surface area contributed by atoms with E-state index in [1.807, 2.05) is 6.92 Å². The number of nitrogens with two attached hydrogens (primary N) is 1. The Balaban J connectivity index is 1.93. The van der Waals surface area contributed by atoms with Crippen molar-refractivity contribution in [2.24, 2.45) is 10.7 Å². The van der Waals surface area contributed by atoms with Crippen molar-refractivity contribution < 1.29 is 9.13 Å². The van der Waals surface area contributed by atoms with Gasteiger partial charge in [-0.25, -0.2) is 9.37 Å². The van der Waals surface area contributed by atoms with Gasteiger partial charge < -0.3 is 15.8 Å². The number of rotatable bonds is 4. The predicted molar refractivity (Wildman–Crippen MR) is 96.5 cm³/mol. The Bertz CT molecular complexity index is 783. The van der Waals surface area contributed by atoms with Crippen LogP contribution in [0.15, 0.2) is 41.5 Å². The zero-order chi connectivity index (χ0) is 17.2.